The molecule has 1 amide bonds. The highest BCUT2D eigenvalue weighted by molar-refractivity contribution is 8.00. The van der Waals surface area contributed by atoms with Crippen molar-refractivity contribution in [1.82, 2.24) is 10.2 Å². The summed E-state index contributed by atoms with van der Waals surface area (Å²) in [5.74, 6) is 0.563. The Morgan fingerprint density at radius 1 is 1.28 bits per heavy atom. The van der Waals surface area contributed by atoms with Crippen molar-refractivity contribution in [3.05, 3.63) is 47.5 Å². The lowest BCUT2D eigenvalue weighted by Gasteiger charge is -2.14. The van der Waals surface area contributed by atoms with Gasteiger partial charge in [0.15, 0.2) is 5.69 Å². The fourth-order valence-corrected chi connectivity index (χ4v) is 5.66. The normalized spacial score (nSPS) is 20.2. The van der Waals surface area contributed by atoms with Crippen LogP contribution in [0.2, 0.25) is 0 Å². The number of primary amides is 1. The molecule has 2 unspecified atom stereocenters. The summed E-state index contributed by atoms with van der Waals surface area (Å²) in [5.41, 5.74) is 7.53. The second kappa shape index (κ2) is 6.38. The molecule has 2 aromatic heterocycles. The van der Waals surface area contributed by atoms with E-state index in [-0.39, 0.29) is 11.5 Å². The third-order valence-electron chi connectivity index (χ3n) is 4.57. The minimum absolute atomic E-state index is 0.204. The van der Waals surface area contributed by atoms with Crippen LogP contribution in [0.25, 0.3) is 20.5 Å². The SMILES string of the molecule is CC1SCCC1c1nnc(C(N)=O)c2sc(-c3ccc(F)cc3)cc12. The Morgan fingerprint density at radius 2 is 2.04 bits per heavy atom. The van der Waals surface area contributed by atoms with Gasteiger partial charge in [-0.15, -0.1) is 16.4 Å². The van der Waals surface area contributed by atoms with Gasteiger partial charge in [0.2, 0.25) is 0 Å². The molecular weight excluding hydrogens is 357 g/mol. The first kappa shape index (κ1) is 16.5. The average molecular weight is 373 g/mol. The van der Waals surface area contributed by atoms with E-state index in [1.807, 2.05) is 17.8 Å². The molecule has 1 aliphatic rings. The zero-order chi connectivity index (χ0) is 17.6. The largest absolute Gasteiger partial charge is 0.364 e. The van der Waals surface area contributed by atoms with Gasteiger partial charge in [-0.2, -0.15) is 16.9 Å². The van der Waals surface area contributed by atoms with Crippen molar-refractivity contribution in [2.75, 3.05) is 5.75 Å². The Kier molecular flexibility index (Phi) is 4.21. The third-order valence-corrected chi connectivity index (χ3v) is 7.09. The molecule has 25 heavy (non-hydrogen) atoms. The van der Waals surface area contributed by atoms with E-state index in [1.165, 1.54) is 23.5 Å². The highest BCUT2D eigenvalue weighted by Gasteiger charge is 2.30. The highest BCUT2D eigenvalue weighted by atomic mass is 32.2. The minimum Gasteiger partial charge on any atom is -0.364 e. The number of aromatic nitrogens is 2. The molecule has 2 N–H and O–H groups in total. The number of nitrogens with two attached hydrogens (primary N) is 1. The number of rotatable bonds is 3. The summed E-state index contributed by atoms with van der Waals surface area (Å²) in [6, 6.07) is 8.36. The number of thiophene rings is 1. The quantitative estimate of drug-likeness (QED) is 0.747. The van der Waals surface area contributed by atoms with E-state index in [0.29, 0.717) is 11.2 Å². The summed E-state index contributed by atoms with van der Waals surface area (Å²) in [4.78, 5) is 12.7. The van der Waals surface area contributed by atoms with Gasteiger partial charge in [-0.3, -0.25) is 4.79 Å². The van der Waals surface area contributed by atoms with Gasteiger partial charge in [0.05, 0.1) is 10.4 Å². The topological polar surface area (TPSA) is 68.9 Å². The van der Waals surface area contributed by atoms with Crippen molar-refractivity contribution >= 4 is 39.1 Å². The van der Waals surface area contributed by atoms with Crippen LogP contribution in [0.1, 0.15) is 35.4 Å². The van der Waals surface area contributed by atoms with Gasteiger partial charge in [-0.25, -0.2) is 4.39 Å². The average Bonchev–Trinajstić information content (AvgIpc) is 3.21. The van der Waals surface area contributed by atoms with Crippen LogP contribution in [0.15, 0.2) is 30.3 Å². The number of hydrogen-bond acceptors (Lipinski definition) is 5. The smallest absolute Gasteiger partial charge is 0.270 e. The Bertz CT molecular complexity index is 955. The molecule has 1 aromatic carbocycles. The standard InChI is InChI=1S/C18H16FN3OS2/c1-9-12(6-7-24-9)15-13-8-14(10-2-4-11(19)5-3-10)25-17(13)16(18(20)23)22-21-15/h2-5,8-9,12H,6-7H2,1H3,(H2,20,23). The van der Waals surface area contributed by atoms with Crippen LogP contribution in [-0.2, 0) is 0 Å². The molecule has 3 heterocycles. The Labute approximate surface area is 152 Å². The number of thioether (sulfide) groups is 1. The number of carbonyl (C=O) groups excluding carboxylic acids is 1. The van der Waals surface area contributed by atoms with Crippen molar-refractivity contribution in [2.45, 2.75) is 24.5 Å². The molecular formula is C18H16FN3OS2. The van der Waals surface area contributed by atoms with Gasteiger partial charge in [0, 0.05) is 21.4 Å². The molecule has 0 saturated carbocycles. The van der Waals surface area contributed by atoms with E-state index < -0.39 is 5.91 Å². The molecule has 0 aliphatic carbocycles. The lowest BCUT2D eigenvalue weighted by Crippen LogP contribution is -2.16. The van der Waals surface area contributed by atoms with Gasteiger partial charge in [-0.05, 0) is 35.9 Å². The first-order valence-electron chi connectivity index (χ1n) is 8.02. The molecule has 0 bridgehead atoms. The summed E-state index contributed by atoms with van der Waals surface area (Å²) in [6.45, 7) is 2.20. The lowest BCUT2D eigenvalue weighted by atomic mass is 9.96. The van der Waals surface area contributed by atoms with E-state index in [0.717, 1.165) is 38.4 Å². The fraction of sp³-hybridized carbons (Fsp3) is 0.278. The first-order valence-corrected chi connectivity index (χ1v) is 9.88. The summed E-state index contributed by atoms with van der Waals surface area (Å²) in [6.07, 6.45) is 1.05. The molecule has 1 saturated heterocycles. The molecule has 1 aliphatic heterocycles. The summed E-state index contributed by atoms with van der Waals surface area (Å²) in [7, 11) is 0. The predicted molar refractivity (Wildman–Crippen MR) is 101 cm³/mol. The Hall–Kier alpha value is -1.99. The maximum Gasteiger partial charge on any atom is 0.270 e. The number of benzene rings is 1. The number of amides is 1. The van der Waals surface area contributed by atoms with Crippen LogP contribution >= 0.6 is 23.1 Å². The minimum atomic E-state index is -0.578. The van der Waals surface area contributed by atoms with Crippen molar-refractivity contribution < 1.29 is 9.18 Å². The van der Waals surface area contributed by atoms with E-state index >= 15 is 0 Å². The fourth-order valence-electron chi connectivity index (χ4n) is 3.24. The van der Waals surface area contributed by atoms with E-state index in [2.05, 4.69) is 17.1 Å². The van der Waals surface area contributed by atoms with Crippen LogP contribution in [0.3, 0.4) is 0 Å². The number of nitrogens with zero attached hydrogens (tertiary/aromatic N) is 2. The lowest BCUT2D eigenvalue weighted by molar-refractivity contribution is 0.0996. The molecule has 0 spiro atoms. The number of fused-ring (bicyclic) bond motifs is 1. The maximum absolute atomic E-state index is 13.2. The number of hydrogen-bond donors (Lipinski definition) is 1. The molecule has 3 aromatic rings. The Balaban J connectivity index is 1.91. The molecule has 7 heteroatoms. The van der Waals surface area contributed by atoms with Crippen LogP contribution < -0.4 is 5.73 Å². The zero-order valence-corrected chi connectivity index (χ0v) is 15.2. The van der Waals surface area contributed by atoms with Crippen LogP contribution in [0, 0.1) is 5.82 Å². The Morgan fingerprint density at radius 3 is 2.68 bits per heavy atom. The third kappa shape index (κ3) is 2.91. The zero-order valence-electron chi connectivity index (χ0n) is 13.5. The van der Waals surface area contributed by atoms with E-state index in [1.54, 1.807) is 12.1 Å². The van der Waals surface area contributed by atoms with Gasteiger partial charge in [0.1, 0.15) is 5.82 Å². The monoisotopic (exact) mass is 373 g/mol. The molecule has 0 radical (unpaired) electrons. The van der Waals surface area contributed by atoms with Gasteiger partial charge in [0.25, 0.3) is 5.91 Å². The van der Waals surface area contributed by atoms with Crippen LogP contribution in [0.4, 0.5) is 4.39 Å². The van der Waals surface area contributed by atoms with Crippen molar-refractivity contribution in [1.29, 1.82) is 0 Å². The van der Waals surface area contributed by atoms with Gasteiger partial charge in [-0.1, -0.05) is 19.1 Å². The van der Waals surface area contributed by atoms with Gasteiger partial charge < -0.3 is 5.73 Å². The first-order chi connectivity index (χ1) is 12.0. The highest BCUT2D eigenvalue weighted by Crippen LogP contribution is 2.43. The van der Waals surface area contributed by atoms with Crippen molar-refractivity contribution in [3.8, 4) is 10.4 Å². The van der Waals surface area contributed by atoms with Crippen LogP contribution in [0.5, 0.6) is 0 Å². The van der Waals surface area contributed by atoms with Crippen molar-refractivity contribution in [2.24, 2.45) is 5.73 Å². The molecule has 128 valence electrons. The molecule has 4 rings (SSSR count). The molecule has 2 atom stereocenters. The second-order valence-corrected chi connectivity index (χ2v) is 8.67. The summed E-state index contributed by atoms with van der Waals surface area (Å²) < 4.78 is 14.0. The molecule has 1 fully saturated rings. The van der Waals surface area contributed by atoms with E-state index in [4.69, 9.17) is 5.73 Å². The van der Waals surface area contributed by atoms with Crippen molar-refractivity contribution in [3.63, 3.8) is 0 Å². The van der Waals surface area contributed by atoms with E-state index in [9.17, 15) is 9.18 Å². The maximum atomic E-state index is 13.2. The van der Waals surface area contributed by atoms with Crippen LogP contribution in [-0.4, -0.2) is 27.1 Å². The predicted octanol–water partition coefficient (Wildman–Crippen LogP) is 4.21. The number of carbonyl (C=O) groups is 1. The molecule has 4 nitrogen and oxygen atoms in total. The second-order valence-electron chi connectivity index (χ2n) is 6.13. The van der Waals surface area contributed by atoms with Gasteiger partial charge >= 0.3 is 0 Å². The summed E-state index contributed by atoms with van der Waals surface area (Å²) in [5, 5.41) is 9.89. The number of halogens is 1. The summed E-state index contributed by atoms with van der Waals surface area (Å²) >= 11 is 3.38.